The molecule has 2 unspecified atom stereocenters. The summed E-state index contributed by atoms with van der Waals surface area (Å²) in [6.45, 7) is 1.51. The van der Waals surface area contributed by atoms with Crippen LogP contribution in [0.3, 0.4) is 0 Å². The van der Waals surface area contributed by atoms with E-state index in [-0.39, 0.29) is 5.54 Å². The van der Waals surface area contributed by atoms with Gasteiger partial charge in [0.1, 0.15) is 0 Å². The Bertz CT molecular complexity index is 585. The van der Waals surface area contributed by atoms with E-state index in [9.17, 15) is 0 Å². The van der Waals surface area contributed by atoms with E-state index >= 15 is 0 Å². The fourth-order valence-corrected chi connectivity index (χ4v) is 3.42. The van der Waals surface area contributed by atoms with Crippen LogP contribution < -0.4 is 16.6 Å². The third kappa shape index (κ3) is 2.70. The maximum atomic E-state index is 6.03. The van der Waals surface area contributed by atoms with Crippen LogP contribution >= 0.6 is 11.6 Å². The molecule has 0 saturated carbocycles. The fourth-order valence-electron chi connectivity index (χ4n) is 3.29. The molecule has 21 heavy (non-hydrogen) atoms. The monoisotopic (exact) mass is 301 g/mol. The minimum Gasteiger partial charge on any atom is -0.330 e. The molecule has 1 saturated heterocycles. The highest BCUT2D eigenvalue weighted by Crippen LogP contribution is 2.41. The molecular weight excluding hydrogens is 282 g/mol. The molecule has 4 N–H and O–H groups in total. The number of hydrogen-bond donors (Lipinski definition) is 3. The number of nitrogens with one attached hydrogen (secondary N) is 2. The molecule has 2 aromatic rings. The molecule has 1 aliphatic heterocycles. The van der Waals surface area contributed by atoms with E-state index in [0.717, 1.165) is 18.0 Å². The molecule has 0 aromatic heterocycles. The highest BCUT2D eigenvalue weighted by Gasteiger charge is 2.44. The zero-order valence-electron chi connectivity index (χ0n) is 11.9. The van der Waals surface area contributed by atoms with Gasteiger partial charge in [-0.2, -0.15) is 0 Å². The van der Waals surface area contributed by atoms with Crippen LogP contribution in [0, 0.1) is 0 Å². The summed E-state index contributed by atoms with van der Waals surface area (Å²) in [5.41, 5.74) is 15.1. The lowest BCUT2D eigenvalue weighted by Gasteiger charge is -2.35. The van der Waals surface area contributed by atoms with Crippen molar-refractivity contribution in [3.8, 4) is 0 Å². The Morgan fingerprint density at radius 3 is 2.48 bits per heavy atom. The van der Waals surface area contributed by atoms with E-state index in [1.165, 1.54) is 11.1 Å². The number of nitrogens with two attached hydrogens (primary N) is 1. The van der Waals surface area contributed by atoms with Crippen LogP contribution in [0.4, 0.5) is 0 Å². The summed E-state index contributed by atoms with van der Waals surface area (Å²) in [7, 11) is 0. The Labute approximate surface area is 130 Å². The van der Waals surface area contributed by atoms with Crippen LogP contribution in [-0.4, -0.2) is 13.1 Å². The zero-order valence-corrected chi connectivity index (χ0v) is 12.6. The highest BCUT2D eigenvalue weighted by molar-refractivity contribution is 6.30. The predicted molar refractivity (Wildman–Crippen MR) is 87.1 cm³/mol. The van der Waals surface area contributed by atoms with Crippen molar-refractivity contribution in [2.75, 3.05) is 13.1 Å². The van der Waals surface area contributed by atoms with E-state index < -0.39 is 0 Å². The summed E-state index contributed by atoms with van der Waals surface area (Å²) in [5.74, 6) is 0.337. The standard InChI is InChI=1S/C17H20ClN3/c18-15-8-6-14(7-9-15)17(10-11-19)16(12-20-21-17)13-4-2-1-3-5-13/h1-9,16,20-21H,10-12,19H2. The van der Waals surface area contributed by atoms with Crippen molar-refractivity contribution in [3.05, 3.63) is 70.7 Å². The predicted octanol–water partition coefficient (Wildman–Crippen LogP) is 2.78. The summed E-state index contributed by atoms with van der Waals surface area (Å²) in [6.07, 6.45) is 0.862. The van der Waals surface area contributed by atoms with Gasteiger partial charge < -0.3 is 5.73 Å². The fraction of sp³-hybridized carbons (Fsp3) is 0.294. The molecule has 0 aliphatic carbocycles. The topological polar surface area (TPSA) is 50.1 Å². The lowest BCUT2D eigenvalue weighted by atomic mass is 9.74. The van der Waals surface area contributed by atoms with Crippen LogP contribution in [0.25, 0.3) is 0 Å². The average molecular weight is 302 g/mol. The van der Waals surface area contributed by atoms with Crippen LogP contribution in [0.2, 0.25) is 5.02 Å². The van der Waals surface area contributed by atoms with Crippen LogP contribution in [0.5, 0.6) is 0 Å². The van der Waals surface area contributed by atoms with Gasteiger partial charge in [-0.3, -0.25) is 5.43 Å². The van der Waals surface area contributed by atoms with Gasteiger partial charge in [0.15, 0.2) is 0 Å². The van der Waals surface area contributed by atoms with Crippen LogP contribution in [0.1, 0.15) is 23.5 Å². The average Bonchev–Trinajstić information content (AvgIpc) is 2.94. The lowest BCUT2D eigenvalue weighted by molar-refractivity contribution is 0.315. The summed E-state index contributed by atoms with van der Waals surface area (Å²) in [5, 5.41) is 0.754. The molecule has 1 aliphatic rings. The number of hydrogen-bond acceptors (Lipinski definition) is 3. The van der Waals surface area contributed by atoms with E-state index in [4.69, 9.17) is 17.3 Å². The molecule has 1 fully saturated rings. The van der Waals surface area contributed by atoms with Crippen molar-refractivity contribution in [1.29, 1.82) is 0 Å². The summed E-state index contributed by atoms with van der Waals surface area (Å²) in [4.78, 5) is 0. The Hall–Kier alpha value is -1.39. The van der Waals surface area contributed by atoms with E-state index in [0.29, 0.717) is 12.5 Å². The van der Waals surface area contributed by atoms with Gasteiger partial charge in [-0.05, 0) is 36.2 Å². The first-order chi connectivity index (χ1) is 10.3. The molecule has 3 rings (SSSR count). The van der Waals surface area contributed by atoms with E-state index in [1.54, 1.807) is 0 Å². The number of benzene rings is 2. The van der Waals surface area contributed by atoms with Crippen molar-refractivity contribution in [3.63, 3.8) is 0 Å². The second kappa shape index (κ2) is 6.16. The molecule has 4 heteroatoms. The third-order valence-electron chi connectivity index (χ3n) is 4.31. The summed E-state index contributed by atoms with van der Waals surface area (Å²) < 4.78 is 0. The number of rotatable bonds is 4. The van der Waals surface area contributed by atoms with Gasteiger partial charge in [0.25, 0.3) is 0 Å². The third-order valence-corrected chi connectivity index (χ3v) is 4.56. The second-order valence-corrected chi connectivity index (χ2v) is 5.92. The highest BCUT2D eigenvalue weighted by atomic mass is 35.5. The maximum absolute atomic E-state index is 6.03. The molecule has 0 bridgehead atoms. The molecule has 110 valence electrons. The SMILES string of the molecule is NCCC1(c2ccc(Cl)cc2)NNCC1c1ccccc1. The lowest BCUT2D eigenvalue weighted by Crippen LogP contribution is -2.45. The quantitative estimate of drug-likeness (QED) is 0.814. The minimum absolute atomic E-state index is 0.194. The van der Waals surface area contributed by atoms with Gasteiger partial charge in [0, 0.05) is 17.5 Å². The molecule has 0 radical (unpaired) electrons. The van der Waals surface area contributed by atoms with Gasteiger partial charge in [0.2, 0.25) is 0 Å². The van der Waals surface area contributed by atoms with Crippen molar-refractivity contribution < 1.29 is 0 Å². The Kier molecular flexibility index (Phi) is 4.27. The molecule has 1 heterocycles. The zero-order chi connectivity index (χ0) is 14.7. The van der Waals surface area contributed by atoms with Crippen molar-refractivity contribution in [2.45, 2.75) is 17.9 Å². The van der Waals surface area contributed by atoms with E-state index in [2.05, 4.69) is 47.2 Å². The largest absolute Gasteiger partial charge is 0.330 e. The summed E-state index contributed by atoms with van der Waals surface area (Å²) >= 11 is 6.03. The molecule has 3 nitrogen and oxygen atoms in total. The Morgan fingerprint density at radius 1 is 1.10 bits per heavy atom. The minimum atomic E-state index is -0.194. The molecule has 2 aromatic carbocycles. The van der Waals surface area contributed by atoms with Gasteiger partial charge in [-0.1, -0.05) is 54.1 Å². The normalized spacial score (nSPS) is 25.1. The van der Waals surface area contributed by atoms with Crippen molar-refractivity contribution in [2.24, 2.45) is 5.73 Å². The molecule has 0 spiro atoms. The molecular formula is C17H20ClN3. The van der Waals surface area contributed by atoms with E-state index in [1.807, 2.05) is 18.2 Å². The first kappa shape index (κ1) is 14.5. The van der Waals surface area contributed by atoms with Crippen LogP contribution in [-0.2, 0) is 5.54 Å². The second-order valence-electron chi connectivity index (χ2n) is 5.49. The van der Waals surface area contributed by atoms with Gasteiger partial charge >= 0.3 is 0 Å². The smallest absolute Gasteiger partial charge is 0.0665 e. The number of hydrazine groups is 1. The van der Waals surface area contributed by atoms with Gasteiger partial charge in [-0.25, -0.2) is 5.43 Å². The maximum Gasteiger partial charge on any atom is 0.0665 e. The van der Waals surface area contributed by atoms with Gasteiger partial charge in [-0.15, -0.1) is 0 Å². The van der Waals surface area contributed by atoms with Crippen molar-refractivity contribution in [1.82, 2.24) is 10.9 Å². The Morgan fingerprint density at radius 2 is 1.81 bits per heavy atom. The molecule has 0 amide bonds. The molecule has 2 atom stereocenters. The van der Waals surface area contributed by atoms with Crippen LogP contribution in [0.15, 0.2) is 54.6 Å². The van der Waals surface area contributed by atoms with Gasteiger partial charge in [0.05, 0.1) is 5.54 Å². The first-order valence-corrected chi connectivity index (χ1v) is 7.65. The first-order valence-electron chi connectivity index (χ1n) is 7.27. The number of halogens is 1. The summed E-state index contributed by atoms with van der Waals surface area (Å²) in [6, 6.07) is 18.6. The Balaban J connectivity index is 2.05. The van der Waals surface area contributed by atoms with Crippen molar-refractivity contribution >= 4 is 11.6 Å².